The van der Waals surface area contributed by atoms with Crippen LogP contribution >= 0.6 is 0 Å². The summed E-state index contributed by atoms with van der Waals surface area (Å²) < 4.78 is 26.6. The number of para-hydroxylation sites is 1. The summed E-state index contributed by atoms with van der Waals surface area (Å²) in [5, 5.41) is 0. The number of hydrogen-bond acceptors (Lipinski definition) is 2. The topological polar surface area (TPSA) is 20.3 Å². The third kappa shape index (κ3) is 3.45. The first-order valence-electron chi connectivity index (χ1n) is 6.81. The van der Waals surface area contributed by atoms with E-state index in [9.17, 15) is 13.6 Å². The van der Waals surface area contributed by atoms with Gasteiger partial charge in [-0.3, -0.25) is 4.79 Å². The molecule has 0 N–H and O–H groups in total. The third-order valence-corrected chi connectivity index (χ3v) is 3.40. The summed E-state index contributed by atoms with van der Waals surface area (Å²) in [5.41, 5.74) is 1.91. The van der Waals surface area contributed by atoms with Gasteiger partial charge in [0.15, 0.2) is 5.78 Å². The summed E-state index contributed by atoms with van der Waals surface area (Å²) >= 11 is 0. The average molecular weight is 289 g/mol. The lowest BCUT2D eigenvalue weighted by Crippen LogP contribution is -2.30. The van der Waals surface area contributed by atoms with Crippen molar-refractivity contribution in [3.63, 3.8) is 0 Å². The Balaban J connectivity index is 2.23. The number of carbonyl (C=O) groups is 1. The van der Waals surface area contributed by atoms with Crippen molar-refractivity contribution < 1.29 is 13.6 Å². The molecule has 2 aromatic carbocycles. The number of ketones is 1. The van der Waals surface area contributed by atoms with Crippen molar-refractivity contribution >= 4 is 11.5 Å². The van der Waals surface area contributed by atoms with Crippen LogP contribution in [-0.2, 0) is 0 Å². The summed E-state index contributed by atoms with van der Waals surface area (Å²) in [7, 11) is 0. The lowest BCUT2D eigenvalue weighted by molar-refractivity contribution is 0.0995. The van der Waals surface area contributed by atoms with Gasteiger partial charge in [0.2, 0.25) is 0 Å². The van der Waals surface area contributed by atoms with E-state index in [-0.39, 0.29) is 17.9 Å². The van der Waals surface area contributed by atoms with E-state index < -0.39 is 11.6 Å². The molecule has 21 heavy (non-hydrogen) atoms. The van der Waals surface area contributed by atoms with Gasteiger partial charge < -0.3 is 4.90 Å². The number of likely N-dealkylation sites (N-methyl/N-ethyl adjacent to an activating group) is 1. The van der Waals surface area contributed by atoms with E-state index in [0.717, 1.165) is 23.4 Å². The molecule has 0 heterocycles. The average Bonchev–Trinajstić information content (AvgIpc) is 2.45. The normalized spacial score (nSPS) is 10.5. The van der Waals surface area contributed by atoms with Gasteiger partial charge in [0.1, 0.15) is 11.6 Å². The molecule has 2 aromatic rings. The number of anilines is 1. The van der Waals surface area contributed by atoms with Crippen LogP contribution in [-0.4, -0.2) is 18.9 Å². The first-order valence-corrected chi connectivity index (χ1v) is 6.81. The predicted molar refractivity (Wildman–Crippen MR) is 79.8 cm³/mol. The molecule has 0 fully saturated rings. The second-order valence-electron chi connectivity index (χ2n) is 4.85. The molecule has 0 saturated heterocycles. The van der Waals surface area contributed by atoms with Crippen molar-refractivity contribution in [1.82, 2.24) is 0 Å². The SMILES string of the molecule is CCN(CC(=O)c1ccc(F)cc1F)c1ccccc1C. The summed E-state index contributed by atoms with van der Waals surface area (Å²) in [6.45, 7) is 4.57. The van der Waals surface area contributed by atoms with Crippen molar-refractivity contribution in [3.8, 4) is 0 Å². The van der Waals surface area contributed by atoms with E-state index in [1.807, 2.05) is 43.0 Å². The maximum atomic E-state index is 13.7. The molecule has 0 aliphatic carbocycles. The Labute approximate surface area is 123 Å². The Morgan fingerprint density at radius 2 is 1.86 bits per heavy atom. The van der Waals surface area contributed by atoms with Crippen LogP contribution in [0.5, 0.6) is 0 Å². The molecule has 2 nitrogen and oxygen atoms in total. The monoisotopic (exact) mass is 289 g/mol. The quantitative estimate of drug-likeness (QED) is 0.776. The van der Waals surface area contributed by atoms with Crippen molar-refractivity contribution in [2.75, 3.05) is 18.0 Å². The fourth-order valence-corrected chi connectivity index (χ4v) is 2.26. The van der Waals surface area contributed by atoms with E-state index in [1.54, 1.807) is 0 Å². The summed E-state index contributed by atoms with van der Waals surface area (Å²) in [5.74, 6) is -1.87. The minimum Gasteiger partial charge on any atom is -0.364 e. The highest BCUT2D eigenvalue weighted by Gasteiger charge is 2.17. The van der Waals surface area contributed by atoms with E-state index in [1.165, 1.54) is 6.07 Å². The number of rotatable bonds is 5. The summed E-state index contributed by atoms with van der Waals surface area (Å²) in [6.07, 6.45) is 0. The molecule has 110 valence electrons. The van der Waals surface area contributed by atoms with E-state index in [2.05, 4.69) is 0 Å². The highest BCUT2D eigenvalue weighted by molar-refractivity contribution is 5.99. The van der Waals surface area contributed by atoms with Gasteiger partial charge in [0.05, 0.1) is 12.1 Å². The molecular formula is C17H17F2NO. The Kier molecular flexibility index (Phi) is 4.68. The zero-order chi connectivity index (χ0) is 15.4. The van der Waals surface area contributed by atoms with E-state index in [0.29, 0.717) is 6.54 Å². The molecule has 0 spiro atoms. The second-order valence-corrected chi connectivity index (χ2v) is 4.85. The molecule has 0 aliphatic rings. The highest BCUT2D eigenvalue weighted by atomic mass is 19.1. The minimum absolute atomic E-state index is 0.0594. The van der Waals surface area contributed by atoms with Gasteiger partial charge >= 0.3 is 0 Å². The number of benzene rings is 2. The summed E-state index contributed by atoms with van der Waals surface area (Å²) in [6, 6.07) is 10.7. The van der Waals surface area contributed by atoms with Crippen LogP contribution < -0.4 is 4.90 Å². The van der Waals surface area contributed by atoms with Crippen LogP contribution in [0.25, 0.3) is 0 Å². The standard InChI is InChI=1S/C17H17F2NO/c1-3-20(16-7-5-4-6-12(16)2)11-17(21)14-9-8-13(18)10-15(14)19/h4-10H,3,11H2,1-2H3. The Hall–Kier alpha value is -2.23. The van der Waals surface area contributed by atoms with Crippen molar-refractivity contribution in [3.05, 3.63) is 65.2 Å². The van der Waals surface area contributed by atoms with Crippen molar-refractivity contribution in [2.45, 2.75) is 13.8 Å². The number of Topliss-reactive ketones (excluding diaryl/α,β-unsaturated/α-hetero) is 1. The molecule has 4 heteroatoms. The molecule has 2 rings (SSSR count). The minimum atomic E-state index is -0.819. The zero-order valence-corrected chi connectivity index (χ0v) is 12.1. The highest BCUT2D eigenvalue weighted by Crippen LogP contribution is 2.20. The van der Waals surface area contributed by atoms with Gasteiger partial charge in [0, 0.05) is 18.3 Å². The Morgan fingerprint density at radius 1 is 1.14 bits per heavy atom. The molecular weight excluding hydrogens is 272 g/mol. The second kappa shape index (κ2) is 6.48. The lowest BCUT2D eigenvalue weighted by atomic mass is 10.1. The molecule has 0 unspecified atom stereocenters. The van der Waals surface area contributed by atoms with Crippen LogP contribution in [0.4, 0.5) is 14.5 Å². The molecule has 0 aliphatic heterocycles. The maximum Gasteiger partial charge on any atom is 0.185 e. The Bertz CT molecular complexity index is 655. The molecule has 0 aromatic heterocycles. The van der Waals surface area contributed by atoms with E-state index >= 15 is 0 Å². The lowest BCUT2D eigenvalue weighted by Gasteiger charge is -2.24. The van der Waals surface area contributed by atoms with Crippen LogP contribution in [0, 0.1) is 18.6 Å². The third-order valence-electron chi connectivity index (χ3n) is 3.40. The van der Waals surface area contributed by atoms with Crippen LogP contribution in [0.3, 0.4) is 0 Å². The van der Waals surface area contributed by atoms with Crippen molar-refractivity contribution in [1.29, 1.82) is 0 Å². The first kappa shape index (κ1) is 15.2. The van der Waals surface area contributed by atoms with Gasteiger partial charge in [-0.1, -0.05) is 18.2 Å². The number of hydrogen-bond donors (Lipinski definition) is 0. The first-order chi connectivity index (χ1) is 10.0. The van der Waals surface area contributed by atoms with Crippen LogP contribution in [0.2, 0.25) is 0 Å². The smallest absolute Gasteiger partial charge is 0.185 e. The predicted octanol–water partition coefficient (Wildman–Crippen LogP) is 3.98. The molecule has 0 saturated carbocycles. The molecule has 0 atom stereocenters. The van der Waals surface area contributed by atoms with Gasteiger partial charge in [-0.2, -0.15) is 0 Å². The Morgan fingerprint density at radius 3 is 2.48 bits per heavy atom. The molecule has 0 bridgehead atoms. The van der Waals surface area contributed by atoms with Gasteiger partial charge in [-0.15, -0.1) is 0 Å². The zero-order valence-electron chi connectivity index (χ0n) is 12.1. The summed E-state index contributed by atoms with van der Waals surface area (Å²) in [4.78, 5) is 14.1. The van der Waals surface area contributed by atoms with Gasteiger partial charge in [-0.25, -0.2) is 8.78 Å². The maximum absolute atomic E-state index is 13.7. The number of nitrogens with zero attached hydrogens (tertiary/aromatic N) is 1. The van der Waals surface area contributed by atoms with E-state index in [4.69, 9.17) is 0 Å². The number of aryl methyl sites for hydroxylation is 1. The fourth-order valence-electron chi connectivity index (χ4n) is 2.26. The molecule has 0 amide bonds. The fraction of sp³-hybridized carbons (Fsp3) is 0.235. The van der Waals surface area contributed by atoms with Crippen LogP contribution in [0.1, 0.15) is 22.8 Å². The van der Waals surface area contributed by atoms with Gasteiger partial charge in [-0.05, 0) is 37.6 Å². The largest absolute Gasteiger partial charge is 0.364 e. The molecule has 0 radical (unpaired) electrons. The number of carbonyl (C=O) groups excluding carboxylic acids is 1. The van der Waals surface area contributed by atoms with Gasteiger partial charge in [0.25, 0.3) is 0 Å². The van der Waals surface area contributed by atoms with Crippen molar-refractivity contribution in [2.24, 2.45) is 0 Å². The van der Waals surface area contributed by atoms with Crippen LogP contribution in [0.15, 0.2) is 42.5 Å². The number of halogens is 2.